The summed E-state index contributed by atoms with van der Waals surface area (Å²) in [4.78, 5) is 53.9. The van der Waals surface area contributed by atoms with Crippen LogP contribution in [0.1, 0.15) is 68.1 Å². The highest BCUT2D eigenvalue weighted by Crippen LogP contribution is 2.29. The van der Waals surface area contributed by atoms with Crippen molar-refractivity contribution < 1.29 is 23.6 Å². The van der Waals surface area contributed by atoms with Crippen molar-refractivity contribution in [1.82, 2.24) is 20.9 Å². The summed E-state index contributed by atoms with van der Waals surface area (Å²) in [6, 6.07) is 4.27. The molecule has 1 heterocycles. The first-order valence-electron chi connectivity index (χ1n) is 13.5. The largest absolute Gasteiger partial charge is 0.370 e. The van der Waals surface area contributed by atoms with E-state index in [-0.39, 0.29) is 30.1 Å². The Hall–Kier alpha value is -3.02. The number of Topliss-reactive ketones (excluding diaryl/α,β-unsaturated/α-hetero) is 1. The molecule has 1 saturated carbocycles. The van der Waals surface area contributed by atoms with Crippen molar-refractivity contribution in [2.75, 3.05) is 19.8 Å². The number of carbonyl (C=O) groups is 4. The van der Waals surface area contributed by atoms with Crippen molar-refractivity contribution in [2.24, 2.45) is 11.7 Å². The van der Waals surface area contributed by atoms with Gasteiger partial charge in [0.25, 0.3) is 5.91 Å². The van der Waals surface area contributed by atoms with Gasteiger partial charge in [0.05, 0.1) is 6.04 Å². The van der Waals surface area contributed by atoms with E-state index in [2.05, 4.69) is 31.9 Å². The number of carbonyl (C=O) groups excluding carboxylic acids is 4. The Kier molecular flexibility index (Phi) is 11.7. The predicted octanol–water partition coefficient (Wildman–Crippen LogP) is 2.41. The first-order chi connectivity index (χ1) is 18.7. The van der Waals surface area contributed by atoms with Gasteiger partial charge in [-0.05, 0) is 68.7 Å². The molecule has 0 aromatic heterocycles. The molecule has 12 heteroatoms. The van der Waals surface area contributed by atoms with Gasteiger partial charge >= 0.3 is 0 Å². The fourth-order valence-electron chi connectivity index (χ4n) is 5.36. The normalized spacial score (nSPS) is 19.1. The lowest BCUT2D eigenvalue weighted by atomic mass is 9.83. The SMILES string of the molecule is N=C(N)NCCCC(NC(=O)C1CCCN1C(=O)C(NC(=O)c1ccc(Br)cc1)C1CCCCC1)C(=O)CF. The number of rotatable bonds is 12. The molecule has 214 valence electrons. The molecular weight excluding hydrogens is 571 g/mol. The number of hydrogen-bond donors (Lipinski definition) is 5. The van der Waals surface area contributed by atoms with E-state index in [1.165, 1.54) is 4.90 Å². The summed E-state index contributed by atoms with van der Waals surface area (Å²) >= 11 is 3.36. The van der Waals surface area contributed by atoms with Gasteiger partial charge in [0.2, 0.25) is 11.8 Å². The number of nitrogens with two attached hydrogens (primary N) is 1. The molecule has 0 bridgehead atoms. The van der Waals surface area contributed by atoms with E-state index in [9.17, 15) is 23.6 Å². The number of halogens is 2. The van der Waals surface area contributed by atoms with Crippen LogP contribution in [0.5, 0.6) is 0 Å². The molecule has 3 amide bonds. The van der Waals surface area contributed by atoms with E-state index in [4.69, 9.17) is 11.1 Å². The standard InChI is InChI=1S/C27H38BrFN6O4/c28-19-12-10-18(11-13-19)24(37)34-23(17-6-2-1-3-7-17)26(39)35-15-5-9-21(35)25(38)33-20(22(36)16-29)8-4-14-32-27(30)31/h10-13,17,20-21,23H,1-9,14-16H2,(H,33,38)(H,34,37)(H4,30,31,32). The Balaban J connectivity index is 1.72. The first kappa shape index (κ1) is 30.5. The van der Waals surface area contributed by atoms with Gasteiger partial charge in [0.15, 0.2) is 11.7 Å². The number of nitrogens with zero attached hydrogens (tertiary/aromatic N) is 1. The summed E-state index contributed by atoms with van der Waals surface area (Å²) in [6.45, 7) is -0.556. The lowest BCUT2D eigenvalue weighted by Crippen LogP contribution is -2.57. The van der Waals surface area contributed by atoms with Crippen LogP contribution in [0.3, 0.4) is 0 Å². The van der Waals surface area contributed by atoms with E-state index in [1.807, 2.05) is 0 Å². The summed E-state index contributed by atoms with van der Waals surface area (Å²) < 4.78 is 14.1. The molecule has 1 aromatic rings. The molecule has 2 fully saturated rings. The van der Waals surface area contributed by atoms with Crippen LogP contribution >= 0.6 is 15.9 Å². The zero-order valence-corrected chi connectivity index (χ0v) is 23.6. The van der Waals surface area contributed by atoms with Gasteiger partial charge in [-0.25, -0.2) is 4.39 Å². The van der Waals surface area contributed by atoms with Crippen LogP contribution in [0.15, 0.2) is 28.7 Å². The monoisotopic (exact) mass is 608 g/mol. The Bertz CT molecular complexity index is 1030. The van der Waals surface area contributed by atoms with Crippen LogP contribution < -0.4 is 21.7 Å². The Labute approximate surface area is 236 Å². The molecule has 1 saturated heterocycles. The second kappa shape index (κ2) is 14.9. The van der Waals surface area contributed by atoms with Gasteiger partial charge in [-0.2, -0.15) is 0 Å². The van der Waals surface area contributed by atoms with Gasteiger partial charge < -0.3 is 26.6 Å². The molecule has 6 N–H and O–H groups in total. The van der Waals surface area contributed by atoms with Gasteiger partial charge in [0.1, 0.15) is 18.8 Å². The molecule has 3 atom stereocenters. The molecule has 0 radical (unpaired) electrons. The average Bonchev–Trinajstić information content (AvgIpc) is 3.43. The quantitative estimate of drug-likeness (QED) is 0.139. The highest BCUT2D eigenvalue weighted by atomic mass is 79.9. The second-order valence-electron chi connectivity index (χ2n) is 10.2. The molecule has 1 aliphatic heterocycles. The summed E-state index contributed by atoms with van der Waals surface area (Å²) in [7, 11) is 0. The first-order valence-corrected chi connectivity index (χ1v) is 14.3. The second-order valence-corrected chi connectivity index (χ2v) is 11.1. The summed E-state index contributed by atoms with van der Waals surface area (Å²) in [5.41, 5.74) is 5.70. The van der Waals surface area contributed by atoms with Crippen molar-refractivity contribution in [1.29, 1.82) is 5.41 Å². The molecule has 39 heavy (non-hydrogen) atoms. The smallest absolute Gasteiger partial charge is 0.251 e. The van der Waals surface area contributed by atoms with Gasteiger partial charge in [0, 0.05) is 23.1 Å². The molecular formula is C27H38BrFN6O4. The fraction of sp³-hybridized carbons (Fsp3) is 0.593. The molecule has 3 unspecified atom stereocenters. The molecule has 1 aromatic carbocycles. The van der Waals surface area contributed by atoms with Crippen molar-refractivity contribution in [3.05, 3.63) is 34.3 Å². The Morgan fingerprint density at radius 2 is 1.74 bits per heavy atom. The topological polar surface area (TPSA) is 157 Å². The van der Waals surface area contributed by atoms with Crippen LogP contribution in [0, 0.1) is 11.3 Å². The van der Waals surface area contributed by atoms with Crippen LogP contribution in [-0.2, 0) is 14.4 Å². The lowest BCUT2D eigenvalue weighted by Gasteiger charge is -2.35. The summed E-state index contributed by atoms with van der Waals surface area (Å²) in [6.07, 6.45) is 6.21. The zero-order valence-electron chi connectivity index (χ0n) is 22.0. The number of guanidine groups is 1. The Morgan fingerprint density at radius 1 is 1.05 bits per heavy atom. The number of amides is 3. The molecule has 3 rings (SSSR count). The molecule has 1 aliphatic carbocycles. The third-order valence-corrected chi connectivity index (χ3v) is 7.97. The van der Waals surface area contributed by atoms with Crippen molar-refractivity contribution >= 4 is 45.4 Å². The van der Waals surface area contributed by atoms with Gasteiger partial charge in [-0.1, -0.05) is 35.2 Å². The summed E-state index contributed by atoms with van der Waals surface area (Å²) in [5.74, 6) is -2.15. The number of hydrogen-bond acceptors (Lipinski definition) is 5. The van der Waals surface area contributed by atoms with E-state index in [1.54, 1.807) is 24.3 Å². The van der Waals surface area contributed by atoms with Gasteiger partial charge in [-0.15, -0.1) is 0 Å². The van der Waals surface area contributed by atoms with Crippen molar-refractivity contribution in [3.63, 3.8) is 0 Å². The maximum absolute atomic E-state index is 13.9. The highest BCUT2D eigenvalue weighted by Gasteiger charge is 2.41. The third-order valence-electron chi connectivity index (χ3n) is 7.44. The minimum Gasteiger partial charge on any atom is -0.370 e. The highest BCUT2D eigenvalue weighted by molar-refractivity contribution is 9.10. The third kappa shape index (κ3) is 8.74. The van der Waals surface area contributed by atoms with E-state index in [0.717, 1.165) is 36.6 Å². The number of ketones is 1. The van der Waals surface area contributed by atoms with Crippen LogP contribution in [0.4, 0.5) is 4.39 Å². The van der Waals surface area contributed by atoms with Crippen LogP contribution in [0.2, 0.25) is 0 Å². The maximum atomic E-state index is 13.9. The maximum Gasteiger partial charge on any atom is 0.251 e. The van der Waals surface area contributed by atoms with Crippen molar-refractivity contribution in [2.45, 2.75) is 75.9 Å². The van der Waals surface area contributed by atoms with E-state index < -0.39 is 36.5 Å². The van der Waals surface area contributed by atoms with Crippen molar-refractivity contribution in [3.8, 4) is 0 Å². The van der Waals surface area contributed by atoms with Crippen LogP contribution in [-0.4, -0.2) is 72.3 Å². The minimum absolute atomic E-state index is 0.0374. The van der Waals surface area contributed by atoms with Crippen LogP contribution in [0.25, 0.3) is 0 Å². The average molecular weight is 610 g/mol. The zero-order chi connectivity index (χ0) is 28.4. The Morgan fingerprint density at radius 3 is 2.38 bits per heavy atom. The molecule has 10 nitrogen and oxygen atoms in total. The van der Waals surface area contributed by atoms with Gasteiger partial charge in [-0.3, -0.25) is 24.6 Å². The molecule has 0 spiro atoms. The number of likely N-dealkylation sites (tertiary alicyclic amines) is 1. The number of nitrogens with one attached hydrogen (secondary N) is 4. The molecule has 2 aliphatic rings. The van der Waals surface area contributed by atoms with E-state index >= 15 is 0 Å². The lowest BCUT2D eigenvalue weighted by molar-refractivity contribution is -0.141. The number of benzene rings is 1. The number of alkyl halides is 1. The predicted molar refractivity (Wildman–Crippen MR) is 149 cm³/mol. The fourth-order valence-corrected chi connectivity index (χ4v) is 5.62. The van der Waals surface area contributed by atoms with E-state index in [0.29, 0.717) is 37.9 Å². The minimum atomic E-state index is -1.22. The summed E-state index contributed by atoms with van der Waals surface area (Å²) in [5, 5.41) is 15.4.